The quantitative estimate of drug-likeness (QED) is 0.133. The summed E-state index contributed by atoms with van der Waals surface area (Å²) < 4.78 is 108. The zero-order valence-corrected chi connectivity index (χ0v) is 17.1. The Morgan fingerprint density at radius 2 is 1.14 bits per heavy atom. The van der Waals surface area contributed by atoms with Gasteiger partial charge in [0, 0.05) is 17.2 Å². The van der Waals surface area contributed by atoms with Crippen LogP contribution in [0.25, 0.3) is 0 Å². The van der Waals surface area contributed by atoms with Crippen LogP contribution in [0.5, 0.6) is 0 Å². The molecule has 0 aromatic heterocycles. The first kappa shape index (κ1) is 27.5. The average molecular weight is 514 g/mol. The Kier molecular flexibility index (Phi) is 8.71. The summed E-state index contributed by atoms with van der Waals surface area (Å²) >= 11 is 0. The molecule has 0 atom stereocenters. The number of rotatable bonds is 10. The van der Waals surface area contributed by atoms with E-state index >= 15 is 0 Å². The van der Waals surface area contributed by atoms with Crippen LogP contribution in [0.2, 0.25) is 0 Å². The monoisotopic (exact) mass is 514 g/mol. The van der Waals surface area contributed by atoms with Gasteiger partial charge in [0.2, 0.25) is 5.69 Å². The number of hydrogen-bond donors (Lipinski definition) is 0. The molecule has 0 heterocycles. The summed E-state index contributed by atoms with van der Waals surface area (Å²) in [5.41, 5.74) is -0.788. The van der Waals surface area contributed by atoms with Gasteiger partial charge in [0.25, 0.3) is 0 Å². The molecule has 15 heteroatoms. The Labute approximate surface area is 191 Å². The maximum Gasteiger partial charge on any atom is 0.340 e. The lowest BCUT2D eigenvalue weighted by atomic mass is 10.2. The highest BCUT2D eigenvalue weighted by Gasteiger charge is 2.43. The minimum absolute atomic E-state index is 0.0350. The third-order valence-corrected chi connectivity index (χ3v) is 4.06. The van der Waals surface area contributed by atoms with Crippen molar-refractivity contribution in [2.75, 3.05) is 13.2 Å². The summed E-state index contributed by atoms with van der Waals surface area (Å²) in [7, 11) is 0. The van der Waals surface area contributed by atoms with Crippen molar-refractivity contribution >= 4 is 23.3 Å². The molecule has 0 unspecified atom stereocenters. The number of hydrogen-bond acceptors (Lipinski definition) is 6. The molecule has 0 spiro atoms. The van der Waals surface area contributed by atoms with Crippen LogP contribution in [0.3, 0.4) is 0 Å². The molecule has 190 valence electrons. The third kappa shape index (κ3) is 7.61. The molecule has 35 heavy (non-hydrogen) atoms. The van der Waals surface area contributed by atoms with Gasteiger partial charge in [-0.05, 0) is 36.4 Å². The van der Waals surface area contributed by atoms with Crippen LogP contribution in [-0.4, -0.2) is 54.7 Å². The predicted molar refractivity (Wildman–Crippen MR) is 101 cm³/mol. The zero-order chi connectivity index (χ0) is 26.4. The van der Waals surface area contributed by atoms with Gasteiger partial charge in [0.15, 0.2) is 13.2 Å². The average Bonchev–Trinajstić information content (AvgIpc) is 2.81. The fourth-order valence-corrected chi connectivity index (χ4v) is 2.17. The minimum Gasteiger partial charge on any atom is -0.594 e. The number of alkyl halides is 8. The molecule has 0 aliphatic carbocycles. The van der Waals surface area contributed by atoms with Gasteiger partial charge in [0.1, 0.15) is 5.69 Å². The second-order valence-electron chi connectivity index (χ2n) is 6.74. The Morgan fingerprint density at radius 3 is 1.51 bits per heavy atom. The van der Waals surface area contributed by atoms with Gasteiger partial charge in [-0.1, -0.05) is 4.86 Å². The lowest BCUT2D eigenvalue weighted by molar-refractivity contribution is -0.435. The summed E-state index contributed by atoms with van der Waals surface area (Å²) in [4.78, 5) is 23.4. The number of carbonyl (C=O) groups excluding carboxylic acids is 2. The maximum atomic E-state index is 12.8. The highest BCUT2D eigenvalue weighted by atomic mass is 19.3. The SMILES string of the molecule is O=C(OCC(F)(F)C(F)F)c1ccc(N=[N+]([O-])c2ccc(C(=O)OCC(F)(F)C(F)F)cc2)cc1. The molecule has 0 bridgehead atoms. The predicted octanol–water partition coefficient (Wildman–Crippen LogP) is 5.73. The van der Waals surface area contributed by atoms with E-state index in [4.69, 9.17) is 0 Å². The van der Waals surface area contributed by atoms with Crippen molar-refractivity contribution < 1.29 is 59.0 Å². The molecule has 0 N–H and O–H groups in total. The molecule has 2 aromatic carbocycles. The number of halogens is 8. The fourth-order valence-electron chi connectivity index (χ4n) is 2.17. The Morgan fingerprint density at radius 1 is 0.771 bits per heavy atom. The summed E-state index contributed by atoms with van der Waals surface area (Å²) in [6.07, 6.45) is -8.04. The number of carbonyl (C=O) groups is 2. The highest BCUT2D eigenvalue weighted by Crippen LogP contribution is 2.25. The second kappa shape index (κ2) is 11.1. The van der Waals surface area contributed by atoms with E-state index in [9.17, 15) is 49.9 Å². The first-order chi connectivity index (χ1) is 16.2. The number of ether oxygens (including phenoxy) is 2. The van der Waals surface area contributed by atoms with Crippen molar-refractivity contribution in [3.63, 3.8) is 0 Å². The van der Waals surface area contributed by atoms with Crippen molar-refractivity contribution in [3.05, 3.63) is 64.9 Å². The molecule has 0 saturated heterocycles. The van der Waals surface area contributed by atoms with E-state index in [0.29, 0.717) is 0 Å². The molecule has 2 rings (SSSR count). The second-order valence-corrected chi connectivity index (χ2v) is 6.74. The van der Waals surface area contributed by atoms with E-state index < -0.39 is 49.8 Å². The molecule has 2 aromatic rings. The number of esters is 2. The van der Waals surface area contributed by atoms with Crippen LogP contribution >= 0.6 is 0 Å². The van der Waals surface area contributed by atoms with Gasteiger partial charge in [-0.15, -0.1) is 0 Å². The lowest BCUT2D eigenvalue weighted by Crippen LogP contribution is -2.33. The standard InChI is InChI=1S/C20H14F8N2O5/c21-17(22)19(25,26)9-34-15(31)11-1-5-13(6-2-11)29-30(33)14-7-3-12(4-8-14)16(32)35-10-20(27,28)18(23)24/h1-8,17-18H,9-10H2. The molecule has 0 radical (unpaired) electrons. The van der Waals surface area contributed by atoms with Gasteiger partial charge >= 0.3 is 36.6 Å². The van der Waals surface area contributed by atoms with E-state index in [2.05, 4.69) is 14.6 Å². The van der Waals surface area contributed by atoms with Crippen LogP contribution in [-0.2, 0) is 9.47 Å². The summed E-state index contributed by atoms with van der Waals surface area (Å²) in [5.74, 6) is -11.7. The van der Waals surface area contributed by atoms with Crippen molar-refractivity contribution in [2.24, 2.45) is 5.11 Å². The van der Waals surface area contributed by atoms with E-state index in [0.717, 1.165) is 48.5 Å². The van der Waals surface area contributed by atoms with E-state index in [-0.39, 0.29) is 27.4 Å². The minimum atomic E-state index is -4.52. The molecule has 7 nitrogen and oxygen atoms in total. The maximum absolute atomic E-state index is 12.8. The topological polar surface area (TPSA) is 91.0 Å². The van der Waals surface area contributed by atoms with Crippen LogP contribution in [0.4, 0.5) is 46.5 Å². The number of azo groups is 1. The van der Waals surface area contributed by atoms with Gasteiger partial charge in [-0.25, -0.2) is 27.2 Å². The molecular weight excluding hydrogens is 500 g/mol. The van der Waals surface area contributed by atoms with E-state index in [1.54, 1.807) is 0 Å². The van der Waals surface area contributed by atoms with E-state index in [1.165, 1.54) is 0 Å². The van der Waals surface area contributed by atoms with Crippen molar-refractivity contribution in [1.82, 2.24) is 0 Å². The molecule has 0 saturated carbocycles. The lowest BCUT2D eigenvalue weighted by Gasteiger charge is -2.15. The van der Waals surface area contributed by atoms with Crippen LogP contribution in [0, 0.1) is 5.21 Å². The normalized spacial score (nSPS) is 12.7. The van der Waals surface area contributed by atoms with Gasteiger partial charge in [-0.2, -0.15) is 17.6 Å². The fraction of sp³-hybridized carbons (Fsp3) is 0.300. The van der Waals surface area contributed by atoms with Gasteiger partial charge in [-0.3, -0.25) is 0 Å². The molecule has 0 aliphatic rings. The Bertz CT molecular complexity index is 1060. The Hall–Kier alpha value is -3.78. The molecule has 0 amide bonds. The highest BCUT2D eigenvalue weighted by molar-refractivity contribution is 5.90. The summed E-state index contributed by atoms with van der Waals surface area (Å²) in [6.45, 7) is -3.67. The first-order valence-electron chi connectivity index (χ1n) is 9.28. The van der Waals surface area contributed by atoms with Crippen molar-refractivity contribution in [3.8, 4) is 0 Å². The van der Waals surface area contributed by atoms with Gasteiger partial charge < -0.3 is 14.7 Å². The molecule has 0 fully saturated rings. The zero-order valence-electron chi connectivity index (χ0n) is 17.1. The third-order valence-electron chi connectivity index (χ3n) is 4.06. The van der Waals surface area contributed by atoms with Crippen LogP contribution < -0.4 is 0 Å². The number of benzene rings is 2. The molecular formula is C20H14F8N2O5. The number of nitrogens with zero attached hydrogens (tertiary/aromatic N) is 2. The Balaban J connectivity index is 2.01. The van der Waals surface area contributed by atoms with Gasteiger partial charge in [0.05, 0.1) is 11.1 Å². The smallest absolute Gasteiger partial charge is 0.340 e. The first-order valence-corrected chi connectivity index (χ1v) is 9.28. The summed E-state index contributed by atoms with van der Waals surface area (Å²) in [6, 6.07) is 8.37. The largest absolute Gasteiger partial charge is 0.594 e. The van der Waals surface area contributed by atoms with Crippen LogP contribution in [0.15, 0.2) is 53.6 Å². The van der Waals surface area contributed by atoms with Crippen molar-refractivity contribution in [1.29, 1.82) is 0 Å². The van der Waals surface area contributed by atoms with Crippen LogP contribution in [0.1, 0.15) is 20.7 Å². The van der Waals surface area contributed by atoms with E-state index in [1.807, 2.05) is 0 Å². The summed E-state index contributed by atoms with van der Waals surface area (Å²) in [5, 5.41) is 15.7. The van der Waals surface area contributed by atoms with Crippen molar-refractivity contribution in [2.45, 2.75) is 24.7 Å². The molecule has 0 aliphatic heterocycles.